The molecule has 0 saturated carbocycles. The minimum absolute atomic E-state index is 0.330. The molecule has 0 aliphatic carbocycles. The van der Waals surface area contributed by atoms with Crippen LogP contribution in [0.1, 0.15) is 0 Å². The number of benzene rings is 2. The number of aromatic nitrogens is 5. The topological polar surface area (TPSA) is 66.2 Å². The predicted molar refractivity (Wildman–Crippen MR) is 121 cm³/mol. The molecule has 0 radical (unpaired) electrons. The summed E-state index contributed by atoms with van der Waals surface area (Å²) in [4.78, 5) is 30.0. The van der Waals surface area contributed by atoms with E-state index >= 15 is 0 Å². The molecule has 0 aliphatic heterocycles. The lowest BCUT2D eigenvalue weighted by Gasteiger charge is -2.09. The minimum Gasteiger partial charge on any atom is -0.279 e. The lowest BCUT2D eigenvalue weighted by molar-refractivity contribution is 0.708. The zero-order valence-electron chi connectivity index (χ0n) is 16.0. The van der Waals surface area contributed by atoms with E-state index in [9.17, 15) is 9.59 Å². The molecule has 9 heteroatoms. The molecule has 7 nitrogen and oxygen atoms in total. The van der Waals surface area contributed by atoms with Crippen LogP contribution in [-0.2, 0) is 14.1 Å². The highest BCUT2D eigenvalue weighted by atomic mass is 79.9. The number of fused-ring (bicyclic) bond motifs is 3. The number of nitrogens with zero attached hydrogens (tertiary/aromatic N) is 5. The summed E-state index contributed by atoms with van der Waals surface area (Å²) in [5, 5.41) is 0.584. The first-order valence-corrected chi connectivity index (χ1v) is 10.3. The molecule has 30 heavy (non-hydrogen) atoms. The molecule has 5 aromatic rings. The maximum absolute atomic E-state index is 12.9. The van der Waals surface area contributed by atoms with Crippen LogP contribution in [0.4, 0.5) is 0 Å². The first-order chi connectivity index (χ1) is 14.4. The lowest BCUT2D eigenvalue weighted by Crippen LogP contribution is -2.37. The fourth-order valence-electron chi connectivity index (χ4n) is 3.66. The Balaban J connectivity index is 1.97. The molecular weight excluding hydrogens is 470 g/mol. The summed E-state index contributed by atoms with van der Waals surface area (Å²) in [6, 6.07) is 15.3. The van der Waals surface area contributed by atoms with Crippen molar-refractivity contribution in [2.24, 2.45) is 14.1 Å². The van der Waals surface area contributed by atoms with Crippen LogP contribution >= 0.6 is 27.5 Å². The van der Waals surface area contributed by atoms with Gasteiger partial charge in [-0.25, -0.2) is 4.79 Å². The minimum atomic E-state index is -0.421. The monoisotopic (exact) mass is 483 g/mol. The van der Waals surface area contributed by atoms with Gasteiger partial charge < -0.3 is 0 Å². The number of rotatable bonds is 2. The molecule has 0 N–H and O–H groups in total. The van der Waals surface area contributed by atoms with Gasteiger partial charge in [-0.1, -0.05) is 45.7 Å². The van der Waals surface area contributed by atoms with E-state index in [1.165, 1.54) is 11.6 Å². The first-order valence-electron chi connectivity index (χ1n) is 9.08. The van der Waals surface area contributed by atoms with Gasteiger partial charge in [0.2, 0.25) is 5.78 Å². The molecule has 3 aromatic heterocycles. The fourth-order valence-corrected chi connectivity index (χ4v) is 4.11. The Hall–Kier alpha value is -3.10. The Kier molecular flexibility index (Phi) is 4.23. The molecule has 150 valence electrons. The highest BCUT2D eigenvalue weighted by Gasteiger charge is 2.21. The lowest BCUT2D eigenvalue weighted by atomic mass is 10.1. The quantitative estimate of drug-likeness (QED) is 0.383. The summed E-state index contributed by atoms with van der Waals surface area (Å²) in [7, 11) is 3.07. The van der Waals surface area contributed by atoms with Gasteiger partial charge in [0.25, 0.3) is 5.56 Å². The second-order valence-electron chi connectivity index (χ2n) is 7.00. The van der Waals surface area contributed by atoms with Gasteiger partial charge in [-0.3, -0.25) is 22.9 Å². The predicted octanol–water partition coefficient (Wildman–Crippen LogP) is 3.76. The van der Waals surface area contributed by atoms with E-state index in [1.807, 2.05) is 53.2 Å². The average Bonchev–Trinajstić information content (AvgIpc) is 3.27. The van der Waals surface area contributed by atoms with Crippen molar-refractivity contribution in [2.45, 2.75) is 0 Å². The molecule has 3 heterocycles. The Labute approximate surface area is 183 Å². The van der Waals surface area contributed by atoms with E-state index in [-0.39, 0.29) is 0 Å². The Morgan fingerprint density at radius 1 is 1.00 bits per heavy atom. The van der Waals surface area contributed by atoms with E-state index in [4.69, 9.17) is 11.6 Å². The standard InChI is InChI=1S/C21H15BrClN5O2/c1-25-18-17(19(29)26(2)21(25)30)27-11-16(12-6-8-13(22)9-7-12)28(20(27)24-18)15-5-3-4-14(23)10-15/h3-11H,1-2H3. The highest BCUT2D eigenvalue weighted by molar-refractivity contribution is 9.10. The maximum Gasteiger partial charge on any atom is 0.332 e. The van der Waals surface area contributed by atoms with E-state index < -0.39 is 11.2 Å². The second-order valence-corrected chi connectivity index (χ2v) is 8.35. The van der Waals surface area contributed by atoms with Gasteiger partial charge in [-0.2, -0.15) is 4.98 Å². The van der Waals surface area contributed by atoms with Crippen molar-refractivity contribution < 1.29 is 0 Å². The average molecular weight is 485 g/mol. The number of hydrogen-bond acceptors (Lipinski definition) is 3. The number of hydrogen-bond donors (Lipinski definition) is 0. The van der Waals surface area contributed by atoms with E-state index in [0.29, 0.717) is 22.0 Å². The highest BCUT2D eigenvalue weighted by Crippen LogP contribution is 2.30. The molecule has 0 bridgehead atoms. The van der Waals surface area contributed by atoms with Crippen molar-refractivity contribution in [2.75, 3.05) is 0 Å². The second kappa shape index (κ2) is 6.72. The van der Waals surface area contributed by atoms with Crippen molar-refractivity contribution in [3.63, 3.8) is 0 Å². The van der Waals surface area contributed by atoms with Gasteiger partial charge in [0.05, 0.1) is 11.4 Å². The third-order valence-corrected chi connectivity index (χ3v) is 5.94. The largest absolute Gasteiger partial charge is 0.332 e. The van der Waals surface area contributed by atoms with E-state index in [2.05, 4.69) is 20.9 Å². The zero-order chi connectivity index (χ0) is 21.2. The van der Waals surface area contributed by atoms with Crippen LogP contribution in [0.2, 0.25) is 5.02 Å². The number of halogens is 2. The van der Waals surface area contributed by atoms with Crippen molar-refractivity contribution in [3.05, 3.63) is 85.1 Å². The summed E-state index contributed by atoms with van der Waals surface area (Å²) in [5.41, 5.74) is 2.43. The molecule has 0 aliphatic rings. The summed E-state index contributed by atoms with van der Waals surface area (Å²) in [6.07, 6.45) is 1.86. The summed E-state index contributed by atoms with van der Waals surface area (Å²) in [5.74, 6) is 0.517. The Morgan fingerprint density at radius 3 is 2.43 bits per heavy atom. The first kappa shape index (κ1) is 18.9. The van der Waals surface area contributed by atoms with Crippen molar-refractivity contribution >= 4 is 44.5 Å². The van der Waals surface area contributed by atoms with Gasteiger partial charge in [-0.15, -0.1) is 0 Å². The van der Waals surface area contributed by atoms with Crippen LogP contribution in [-0.4, -0.2) is 23.1 Å². The van der Waals surface area contributed by atoms with Crippen LogP contribution in [0.3, 0.4) is 0 Å². The van der Waals surface area contributed by atoms with Crippen molar-refractivity contribution in [1.82, 2.24) is 23.1 Å². The van der Waals surface area contributed by atoms with Crippen LogP contribution in [0.5, 0.6) is 0 Å². The SMILES string of the molecule is Cn1c(=O)c2c(nc3n(-c4cccc(Cl)c4)c(-c4ccc(Br)cc4)cn23)n(C)c1=O. The molecule has 0 atom stereocenters. The zero-order valence-corrected chi connectivity index (χ0v) is 18.3. The van der Waals surface area contributed by atoms with Crippen molar-refractivity contribution in [3.8, 4) is 16.9 Å². The van der Waals surface area contributed by atoms with E-state index in [0.717, 1.165) is 26.0 Å². The van der Waals surface area contributed by atoms with Gasteiger partial charge >= 0.3 is 5.69 Å². The Bertz CT molecular complexity index is 1570. The maximum atomic E-state index is 12.9. The summed E-state index contributed by atoms with van der Waals surface area (Å²) >= 11 is 9.72. The van der Waals surface area contributed by atoms with Crippen LogP contribution < -0.4 is 11.2 Å². The fraction of sp³-hybridized carbons (Fsp3) is 0.0952. The number of aryl methyl sites for hydroxylation is 1. The molecule has 5 rings (SSSR count). The molecule has 0 fully saturated rings. The van der Waals surface area contributed by atoms with E-state index in [1.54, 1.807) is 17.5 Å². The van der Waals surface area contributed by atoms with Crippen LogP contribution in [0.25, 0.3) is 33.9 Å². The number of imidazole rings is 2. The van der Waals surface area contributed by atoms with Gasteiger partial charge in [0.15, 0.2) is 11.2 Å². The molecule has 2 aromatic carbocycles. The molecule has 0 amide bonds. The third-order valence-electron chi connectivity index (χ3n) is 5.17. The third kappa shape index (κ3) is 2.68. The molecular formula is C21H15BrClN5O2. The van der Waals surface area contributed by atoms with Crippen molar-refractivity contribution in [1.29, 1.82) is 0 Å². The molecule has 0 unspecified atom stereocenters. The van der Waals surface area contributed by atoms with Gasteiger partial charge in [-0.05, 0) is 30.3 Å². The smallest absolute Gasteiger partial charge is 0.279 e. The summed E-state index contributed by atoms with van der Waals surface area (Å²) in [6.45, 7) is 0. The van der Waals surface area contributed by atoms with Gasteiger partial charge in [0.1, 0.15) is 0 Å². The van der Waals surface area contributed by atoms with Gasteiger partial charge in [0, 0.05) is 35.4 Å². The summed E-state index contributed by atoms with van der Waals surface area (Å²) < 4.78 is 7.10. The molecule has 0 saturated heterocycles. The van der Waals surface area contributed by atoms with Crippen LogP contribution in [0.15, 0.2) is 68.8 Å². The van der Waals surface area contributed by atoms with Crippen LogP contribution in [0, 0.1) is 0 Å². The normalized spacial score (nSPS) is 11.6. The Morgan fingerprint density at radius 2 is 1.73 bits per heavy atom. The molecule has 0 spiro atoms.